The molecule has 0 aliphatic carbocycles. The Kier molecular flexibility index (Phi) is 4.58. The van der Waals surface area contributed by atoms with Crippen LogP contribution in [0.3, 0.4) is 0 Å². The van der Waals surface area contributed by atoms with Gasteiger partial charge in [0.2, 0.25) is 10.0 Å². The van der Waals surface area contributed by atoms with Crippen LogP contribution in [0.5, 0.6) is 0 Å². The lowest BCUT2D eigenvalue weighted by atomic mass is 10.2. The van der Waals surface area contributed by atoms with Crippen LogP contribution >= 0.6 is 0 Å². The summed E-state index contributed by atoms with van der Waals surface area (Å²) in [6, 6.07) is 0.323. The van der Waals surface area contributed by atoms with Gasteiger partial charge in [0.1, 0.15) is 23.1 Å². The van der Waals surface area contributed by atoms with E-state index in [0.29, 0.717) is 0 Å². The van der Waals surface area contributed by atoms with E-state index in [2.05, 4.69) is 5.14 Å². The fourth-order valence-electron chi connectivity index (χ4n) is 1.46. The van der Waals surface area contributed by atoms with Crippen molar-refractivity contribution in [1.29, 1.82) is 0 Å². The van der Waals surface area contributed by atoms with Crippen LogP contribution in [0.4, 0.5) is 22.0 Å². The standard InChI is InChI=1S/C10H9F5N2O3S/c1-17(4-10(13,14)15)9(18)5-2-8(21(16,19)20)7(12)3-6(5)11/h2-3H,4H2,1H3,(H2,16,19,20). The first-order chi connectivity index (χ1) is 9.33. The van der Waals surface area contributed by atoms with E-state index in [-0.39, 0.29) is 17.0 Å². The van der Waals surface area contributed by atoms with Gasteiger partial charge in [0.15, 0.2) is 0 Å². The summed E-state index contributed by atoms with van der Waals surface area (Å²) in [5.41, 5.74) is -1.04. The number of carbonyl (C=O) groups excluding carboxylic acids is 1. The number of nitrogens with zero attached hydrogens (tertiary/aromatic N) is 1. The number of rotatable bonds is 3. The van der Waals surface area contributed by atoms with Crippen LogP contribution in [0.15, 0.2) is 17.0 Å². The minimum atomic E-state index is -4.73. The highest BCUT2D eigenvalue weighted by Crippen LogP contribution is 2.21. The summed E-state index contributed by atoms with van der Waals surface area (Å²) >= 11 is 0. The molecule has 5 nitrogen and oxygen atoms in total. The van der Waals surface area contributed by atoms with Crippen molar-refractivity contribution in [2.75, 3.05) is 13.6 Å². The Labute approximate surface area is 116 Å². The summed E-state index contributed by atoms with van der Waals surface area (Å²) < 4.78 is 85.3. The van der Waals surface area contributed by atoms with Crippen LogP contribution in [-0.2, 0) is 10.0 Å². The summed E-state index contributed by atoms with van der Waals surface area (Å²) in [5.74, 6) is -4.52. The zero-order chi connectivity index (χ0) is 16.6. The Morgan fingerprint density at radius 3 is 2.19 bits per heavy atom. The van der Waals surface area contributed by atoms with Gasteiger partial charge < -0.3 is 4.90 Å². The molecule has 118 valence electrons. The minimum absolute atomic E-state index is 0.0639. The van der Waals surface area contributed by atoms with Gasteiger partial charge in [0.05, 0.1) is 5.56 Å². The molecule has 0 bridgehead atoms. The number of carbonyl (C=O) groups is 1. The Hall–Kier alpha value is -1.75. The molecule has 0 heterocycles. The molecule has 2 N–H and O–H groups in total. The maximum Gasteiger partial charge on any atom is 0.406 e. The lowest BCUT2D eigenvalue weighted by molar-refractivity contribution is -0.138. The molecule has 21 heavy (non-hydrogen) atoms. The molecule has 11 heteroatoms. The van der Waals surface area contributed by atoms with Gasteiger partial charge >= 0.3 is 6.18 Å². The molecule has 1 aromatic rings. The number of hydrogen-bond acceptors (Lipinski definition) is 3. The van der Waals surface area contributed by atoms with Crippen molar-refractivity contribution in [2.45, 2.75) is 11.1 Å². The number of nitrogens with two attached hydrogens (primary N) is 1. The van der Waals surface area contributed by atoms with Gasteiger partial charge in [-0.15, -0.1) is 0 Å². The van der Waals surface area contributed by atoms with E-state index in [1.807, 2.05) is 0 Å². The summed E-state index contributed by atoms with van der Waals surface area (Å²) in [6.45, 7) is -1.69. The zero-order valence-electron chi connectivity index (χ0n) is 10.4. The third-order valence-corrected chi connectivity index (χ3v) is 3.25. The van der Waals surface area contributed by atoms with Gasteiger partial charge in [-0.1, -0.05) is 0 Å². The Bertz CT molecular complexity index is 672. The van der Waals surface area contributed by atoms with E-state index < -0.39 is 50.7 Å². The molecule has 0 fully saturated rings. The highest BCUT2D eigenvalue weighted by Gasteiger charge is 2.33. The third-order valence-electron chi connectivity index (χ3n) is 2.32. The Morgan fingerprint density at radius 2 is 1.76 bits per heavy atom. The van der Waals surface area contributed by atoms with Gasteiger partial charge in [-0.25, -0.2) is 22.3 Å². The van der Waals surface area contributed by atoms with E-state index in [1.165, 1.54) is 0 Å². The molecular weight excluding hydrogens is 323 g/mol. The average molecular weight is 332 g/mol. The highest BCUT2D eigenvalue weighted by atomic mass is 32.2. The van der Waals surface area contributed by atoms with Gasteiger partial charge in [-0.3, -0.25) is 4.79 Å². The van der Waals surface area contributed by atoms with Crippen LogP contribution < -0.4 is 5.14 Å². The lowest BCUT2D eigenvalue weighted by Gasteiger charge is -2.19. The second-order valence-electron chi connectivity index (χ2n) is 4.08. The molecule has 0 radical (unpaired) electrons. The number of benzene rings is 1. The van der Waals surface area contributed by atoms with Crippen molar-refractivity contribution in [3.05, 3.63) is 29.3 Å². The van der Waals surface area contributed by atoms with E-state index in [1.54, 1.807) is 0 Å². The SMILES string of the molecule is CN(CC(F)(F)F)C(=O)c1cc(S(N)(=O)=O)c(F)cc1F. The van der Waals surface area contributed by atoms with E-state index in [0.717, 1.165) is 7.05 Å². The lowest BCUT2D eigenvalue weighted by Crippen LogP contribution is -2.36. The maximum atomic E-state index is 13.5. The molecular formula is C10H9F5N2O3S. The van der Waals surface area contributed by atoms with Crippen LogP contribution in [0.2, 0.25) is 0 Å². The van der Waals surface area contributed by atoms with Crippen molar-refractivity contribution in [1.82, 2.24) is 4.90 Å². The predicted molar refractivity (Wildman–Crippen MR) is 60.7 cm³/mol. The van der Waals surface area contributed by atoms with Gasteiger partial charge in [0.25, 0.3) is 5.91 Å². The van der Waals surface area contributed by atoms with Gasteiger partial charge in [0, 0.05) is 13.1 Å². The molecule has 0 spiro atoms. The first-order valence-electron chi connectivity index (χ1n) is 5.17. The molecule has 0 saturated heterocycles. The van der Waals surface area contributed by atoms with Gasteiger partial charge in [-0.2, -0.15) is 13.2 Å². The molecule has 0 aliphatic heterocycles. The first kappa shape index (κ1) is 17.3. The molecule has 0 atom stereocenters. The summed E-state index contributed by atoms with van der Waals surface area (Å²) in [7, 11) is -3.87. The largest absolute Gasteiger partial charge is 0.406 e. The van der Waals surface area contributed by atoms with Crippen LogP contribution in [-0.4, -0.2) is 39.0 Å². The normalized spacial score (nSPS) is 12.3. The van der Waals surface area contributed by atoms with Crippen molar-refractivity contribution in [2.24, 2.45) is 5.14 Å². The number of alkyl halides is 3. The zero-order valence-corrected chi connectivity index (χ0v) is 11.2. The average Bonchev–Trinajstić information content (AvgIpc) is 2.23. The van der Waals surface area contributed by atoms with Crippen molar-refractivity contribution in [3.8, 4) is 0 Å². The summed E-state index contributed by atoms with van der Waals surface area (Å²) in [5, 5.41) is 4.66. The number of amides is 1. The molecule has 1 rings (SSSR count). The number of halogens is 5. The third kappa shape index (κ3) is 4.36. The smallest absolute Gasteiger partial charge is 0.333 e. The summed E-state index contributed by atoms with van der Waals surface area (Å²) in [6.07, 6.45) is -4.73. The second kappa shape index (κ2) is 5.56. The fourth-order valence-corrected chi connectivity index (χ4v) is 2.07. The highest BCUT2D eigenvalue weighted by molar-refractivity contribution is 7.89. The van der Waals surface area contributed by atoms with E-state index >= 15 is 0 Å². The van der Waals surface area contributed by atoms with Crippen LogP contribution in [0.1, 0.15) is 10.4 Å². The number of sulfonamides is 1. The molecule has 0 aromatic heterocycles. The molecule has 0 aliphatic rings. The predicted octanol–water partition coefficient (Wildman–Crippen LogP) is 1.25. The van der Waals surface area contributed by atoms with Crippen molar-refractivity contribution >= 4 is 15.9 Å². The van der Waals surface area contributed by atoms with Crippen molar-refractivity contribution < 1.29 is 35.2 Å². The van der Waals surface area contributed by atoms with Crippen LogP contribution in [0, 0.1) is 11.6 Å². The topological polar surface area (TPSA) is 80.5 Å². The second-order valence-corrected chi connectivity index (χ2v) is 5.61. The van der Waals surface area contributed by atoms with E-state index in [9.17, 15) is 35.2 Å². The van der Waals surface area contributed by atoms with Crippen LogP contribution in [0.25, 0.3) is 0 Å². The van der Waals surface area contributed by atoms with Crippen molar-refractivity contribution in [3.63, 3.8) is 0 Å². The Morgan fingerprint density at radius 1 is 1.24 bits per heavy atom. The molecule has 1 aromatic carbocycles. The van der Waals surface area contributed by atoms with Gasteiger partial charge in [-0.05, 0) is 6.07 Å². The molecule has 0 saturated carbocycles. The monoisotopic (exact) mass is 332 g/mol. The Balaban J connectivity index is 3.28. The minimum Gasteiger partial charge on any atom is -0.333 e. The number of primary sulfonamides is 1. The summed E-state index contributed by atoms with van der Waals surface area (Å²) in [4.78, 5) is 10.6. The quantitative estimate of drug-likeness (QED) is 0.846. The first-order valence-corrected chi connectivity index (χ1v) is 6.71. The number of hydrogen-bond donors (Lipinski definition) is 1. The van der Waals surface area contributed by atoms with E-state index in [4.69, 9.17) is 0 Å². The fraction of sp³-hybridized carbons (Fsp3) is 0.300. The molecule has 1 amide bonds. The maximum absolute atomic E-state index is 13.5. The molecule has 0 unspecified atom stereocenters.